The highest BCUT2D eigenvalue weighted by Crippen LogP contribution is 1.85. The summed E-state index contributed by atoms with van der Waals surface area (Å²) in [4.78, 5) is 10.1. The predicted octanol–water partition coefficient (Wildman–Crippen LogP) is 0.441. The number of nitrogens with zero attached hydrogens (tertiary/aromatic N) is 2. The number of rotatable bonds is 1. The molecule has 5 heteroatoms. The molecule has 0 atom stereocenters. The van der Waals surface area contributed by atoms with E-state index in [0.29, 0.717) is 0 Å². The summed E-state index contributed by atoms with van der Waals surface area (Å²) in [6, 6.07) is 0. The molecule has 5 nitrogen and oxygen atoms in total. The first-order valence-electron chi connectivity index (χ1n) is 2.88. The quantitative estimate of drug-likeness (QED) is 0.621. The van der Waals surface area contributed by atoms with Crippen LogP contribution in [0.2, 0.25) is 0 Å². The Morgan fingerprint density at radius 1 is 1.80 bits per heavy atom. The van der Waals surface area contributed by atoms with Gasteiger partial charge in [0.2, 0.25) is 0 Å². The van der Waals surface area contributed by atoms with E-state index in [9.17, 15) is 4.79 Å². The molecule has 1 amide bonds. The van der Waals surface area contributed by atoms with E-state index in [1.165, 1.54) is 0 Å². The molecule has 0 fully saturated rings. The molecule has 58 valence electrons. The molecule has 1 aromatic heterocycles. The van der Waals surface area contributed by atoms with E-state index in [0.717, 1.165) is 6.20 Å². The molecule has 0 radical (unpaired) electrons. The van der Waals surface area contributed by atoms with E-state index < -0.39 is 5.91 Å². The van der Waals surface area contributed by atoms with Gasteiger partial charge in [-0.1, -0.05) is 19.0 Å². The second kappa shape index (κ2) is 4.49. The highest BCUT2D eigenvalue weighted by atomic mass is 16.6. The molecule has 0 aliphatic heterocycles. The van der Waals surface area contributed by atoms with Gasteiger partial charge in [-0.05, 0) is 5.16 Å². The molecule has 0 saturated heterocycles. The number of nitrogens with two attached hydrogens (primary N) is 1. The molecule has 1 rings (SSSR count). The van der Waals surface area contributed by atoms with E-state index in [-0.39, 0.29) is 7.12 Å². The van der Waals surface area contributed by atoms with Gasteiger partial charge in [-0.15, -0.1) is 0 Å². The second-order valence-electron chi connectivity index (χ2n) is 1.16. The van der Waals surface area contributed by atoms with Gasteiger partial charge in [0.25, 0.3) is 5.91 Å². The van der Waals surface area contributed by atoms with Crippen molar-refractivity contribution in [2.24, 2.45) is 5.73 Å². The van der Waals surface area contributed by atoms with Crippen molar-refractivity contribution in [2.75, 3.05) is 0 Å². The Hall–Kier alpha value is -1.39. The third-order valence-electron chi connectivity index (χ3n) is 0.614. The van der Waals surface area contributed by atoms with Crippen LogP contribution in [0.5, 0.6) is 0 Å². The minimum atomic E-state index is -0.633. The zero-order chi connectivity index (χ0) is 7.98. The van der Waals surface area contributed by atoms with Gasteiger partial charge in [0.15, 0.2) is 5.69 Å². The summed E-state index contributed by atoms with van der Waals surface area (Å²) in [6.45, 7) is 4.00. The van der Waals surface area contributed by atoms with Gasteiger partial charge in [-0.3, -0.25) is 4.79 Å². The van der Waals surface area contributed by atoms with Gasteiger partial charge in [-0.2, -0.15) is 0 Å². The van der Waals surface area contributed by atoms with Crippen molar-refractivity contribution in [3.05, 3.63) is 11.9 Å². The molecule has 0 spiro atoms. The van der Waals surface area contributed by atoms with Crippen LogP contribution in [0.1, 0.15) is 25.8 Å². The molecule has 2 N–H and O–H groups in total. The average Bonchev–Trinajstić information content (AvgIpc) is 2.42. The zero-order valence-electron chi connectivity index (χ0n) is 5.87. The van der Waals surface area contributed by atoms with E-state index in [2.05, 4.69) is 14.9 Å². The van der Waals surface area contributed by atoms with Gasteiger partial charge < -0.3 is 5.73 Å². The smallest absolute Gasteiger partial charge is 0.272 e. The summed E-state index contributed by atoms with van der Waals surface area (Å²) in [5, 5.41) is 6.31. The number of aromatic nitrogens is 2. The van der Waals surface area contributed by atoms with Crippen LogP contribution in [-0.2, 0) is 0 Å². The van der Waals surface area contributed by atoms with Crippen LogP contribution >= 0.6 is 0 Å². The van der Waals surface area contributed by atoms with Crippen molar-refractivity contribution >= 4 is 5.91 Å². The lowest BCUT2D eigenvalue weighted by Crippen LogP contribution is -2.10. The van der Waals surface area contributed by atoms with Gasteiger partial charge >= 0.3 is 0 Å². The topological polar surface area (TPSA) is 82.0 Å². The number of carbonyl (C=O) groups excluding carboxylic acids is 1. The van der Waals surface area contributed by atoms with Crippen LogP contribution in [-0.4, -0.2) is 16.2 Å². The molecule has 0 bridgehead atoms. The van der Waals surface area contributed by atoms with Gasteiger partial charge in [0.05, 0.1) is 0 Å². The second-order valence-corrected chi connectivity index (χ2v) is 1.16. The number of hydrogen-bond acceptors (Lipinski definition) is 4. The maximum atomic E-state index is 10.1. The lowest BCUT2D eigenvalue weighted by Gasteiger charge is -1.75. The van der Waals surface area contributed by atoms with Crippen LogP contribution in [0, 0.1) is 0 Å². The highest BCUT2D eigenvalue weighted by Gasteiger charge is 2.01. The molecule has 0 aromatic carbocycles. The molecule has 0 aliphatic rings. The lowest BCUT2D eigenvalue weighted by molar-refractivity contribution is 0.0991. The minimum Gasteiger partial charge on any atom is -0.364 e. The molecule has 0 saturated carbocycles. The van der Waals surface area contributed by atoms with Crippen LogP contribution in [0.3, 0.4) is 0 Å². The van der Waals surface area contributed by atoms with Crippen molar-refractivity contribution in [1.29, 1.82) is 0 Å². The Morgan fingerprint density at radius 2 is 2.40 bits per heavy atom. The Kier molecular flexibility index (Phi) is 3.86. The summed E-state index contributed by atoms with van der Waals surface area (Å²) >= 11 is 0. The summed E-state index contributed by atoms with van der Waals surface area (Å²) in [5.74, 6) is -0.633. The number of hydrogen-bond donors (Lipinski definition) is 1. The Labute approximate surface area is 59.7 Å². The normalized spacial score (nSPS) is 7.80. The number of carbonyl (C=O) groups is 1. The monoisotopic (exact) mass is 145 g/mol. The minimum absolute atomic E-state index is 0. The third kappa shape index (κ3) is 2.25. The summed E-state index contributed by atoms with van der Waals surface area (Å²) < 4.78 is 4.07. The largest absolute Gasteiger partial charge is 0.364 e. The molecular formula is C5H11N3O2. The Bertz CT molecular complexity index is 188. The molecular weight excluding hydrogens is 134 g/mol. The van der Waals surface area contributed by atoms with E-state index in [4.69, 9.17) is 5.73 Å². The molecule has 0 aliphatic carbocycles. The molecule has 0 unspecified atom stereocenters. The standard InChI is InChI=1S/C3H3N3O2.C2H6.H2/c4-3(7)2-1-5-8-6-2;1-2;/h1H,(H2,4,7);1-2H3;1H. The van der Waals surface area contributed by atoms with Gasteiger partial charge in [0, 0.05) is 1.43 Å². The maximum Gasteiger partial charge on any atom is 0.272 e. The third-order valence-corrected chi connectivity index (χ3v) is 0.614. The first-order valence-corrected chi connectivity index (χ1v) is 2.88. The fraction of sp³-hybridized carbons (Fsp3) is 0.400. The van der Waals surface area contributed by atoms with Gasteiger partial charge in [-0.25, -0.2) is 4.63 Å². The summed E-state index contributed by atoms with van der Waals surface area (Å²) in [5.41, 5.74) is 4.80. The molecule has 10 heavy (non-hydrogen) atoms. The lowest BCUT2D eigenvalue weighted by atomic mass is 10.5. The zero-order valence-corrected chi connectivity index (χ0v) is 5.87. The fourth-order valence-corrected chi connectivity index (χ4v) is 0.273. The van der Waals surface area contributed by atoms with Crippen molar-refractivity contribution in [1.82, 2.24) is 10.3 Å². The highest BCUT2D eigenvalue weighted by molar-refractivity contribution is 5.90. The van der Waals surface area contributed by atoms with Crippen molar-refractivity contribution < 1.29 is 10.9 Å². The first-order chi connectivity index (χ1) is 4.80. The van der Waals surface area contributed by atoms with E-state index in [1.54, 1.807) is 0 Å². The van der Waals surface area contributed by atoms with Crippen molar-refractivity contribution in [3.63, 3.8) is 0 Å². The average molecular weight is 145 g/mol. The van der Waals surface area contributed by atoms with E-state index >= 15 is 0 Å². The summed E-state index contributed by atoms with van der Waals surface area (Å²) in [6.07, 6.45) is 1.16. The first kappa shape index (κ1) is 8.61. The molecule has 1 aromatic rings. The SMILES string of the molecule is CC.NC(=O)c1cnon1.[HH]. The van der Waals surface area contributed by atoms with Crippen LogP contribution in [0.4, 0.5) is 0 Å². The van der Waals surface area contributed by atoms with Gasteiger partial charge in [0.1, 0.15) is 6.20 Å². The molecule has 1 heterocycles. The Balaban J connectivity index is 0. The number of amides is 1. The summed E-state index contributed by atoms with van der Waals surface area (Å²) in [7, 11) is 0. The van der Waals surface area contributed by atoms with Crippen molar-refractivity contribution in [2.45, 2.75) is 13.8 Å². The Morgan fingerprint density at radius 3 is 2.60 bits per heavy atom. The van der Waals surface area contributed by atoms with Crippen LogP contribution < -0.4 is 5.73 Å². The fourth-order valence-electron chi connectivity index (χ4n) is 0.273. The maximum absolute atomic E-state index is 10.1. The van der Waals surface area contributed by atoms with Crippen LogP contribution in [0.15, 0.2) is 10.8 Å². The van der Waals surface area contributed by atoms with Crippen LogP contribution in [0.25, 0.3) is 0 Å². The van der Waals surface area contributed by atoms with E-state index in [1.807, 2.05) is 13.8 Å². The van der Waals surface area contributed by atoms with Crippen molar-refractivity contribution in [3.8, 4) is 0 Å². The predicted molar refractivity (Wildman–Crippen MR) is 36.3 cm³/mol. The number of primary amides is 1.